The lowest BCUT2D eigenvalue weighted by molar-refractivity contribution is -0.131. The van der Waals surface area contributed by atoms with Gasteiger partial charge in [0.05, 0.1) is 6.61 Å². The number of aryl methyl sites for hydroxylation is 2. The van der Waals surface area contributed by atoms with Crippen LogP contribution in [0.2, 0.25) is 0 Å². The summed E-state index contributed by atoms with van der Waals surface area (Å²) in [6.07, 6.45) is 1.90. The van der Waals surface area contributed by atoms with Crippen LogP contribution in [-0.2, 0) is 9.53 Å². The summed E-state index contributed by atoms with van der Waals surface area (Å²) in [7, 11) is 1.67. The van der Waals surface area contributed by atoms with E-state index in [1.165, 1.54) is 16.7 Å². The van der Waals surface area contributed by atoms with Gasteiger partial charge in [0.2, 0.25) is 5.91 Å². The van der Waals surface area contributed by atoms with Gasteiger partial charge in [-0.25, -0.2) is 0 Å². The number of ether oxygens (including phenoxy) is 1. The number of rotatable bonds is 4. The van der Waals surface area contributed by atoms with Crippen LogP contribution in [0.25, 0.3) is 0 Å². The van der Waals surface area contributed by atoms with Gasteiger partial charge in [-0.3, -0.25) is 10.1 Å². The predicted molar refractivity (Wildman–Crippen MR) is 77.3 cm³/mol. The predicted octanol–water partition coefficient (Wildman–Crippen LogP) is 1.91. The van der Waals surface area contributed by atoms with Gasteiger partial charge in [0.25, 0.3) is 0 Å². The molecule has 2 fully saturated rings. The Kier molecular flexibility index (Phi) is 3.30. The Balaban J connectivity index is 1.91. The molecule has 1 amide bonds. The minimum Gasteiger partial charge on any atom is -0.383 e. The zero-order chi connectivity index (χ0) is 14.3. The summed E-state index contributed by atoms with van der Waals surface area (Å²) in [6.45, 7) is 5.42. The van der Waals surface area contributed by atoms with Crippen molar-refractivity contribution in [2.24, 2.45) is 0 Å². The SMILES string of the molecule is COCCN1C(=O)C2(CC2)NC1c1ccc(C)cc1C. The number of methoxy groups -OCH3 is 1. The van der Waals surface area contributed by atoms with Crippen molar-refractivity contribution in [2.75, 3.05) is 20.3 Å². The van der Waals surface area contributed by atoms with Gasteiger partial charge in [0.1, 0.15) is 11.7 Å². The van der Waals surface area contributed by atoms with Gasteiger partial charge in [-0.15, -0.1) is 0 Å². The van der Waals surface area contributed by atoms with Crippen molar-refractivity contribution < 1.29 is 9.53 Å². The first-order valence-electron chi connectivity index (χ1n) is 7.22. The van der Waals surface area contributed by atoms with E-state index in [9.17, 15) is 4.79 Å². The van der Waals surface area contributed by atoms with Gasteiger partial charge in [0.15, 0.2) is 0 Å². The molecule has 0 bridgehead atoms. The Hall–Kier alpha value is -1.39. The maximum absolute atomic E-state index is 12.6. The zero-order valence-electron chi connectivity index (χ0n) is 12.4. The number of hydrogen-bond acceptors (Lipinski definition) is 3. The number of nitrogens with zero attached hydrogens (tertiary/aromatic N) is 1. The monoisotopic (exact) mass is 274 g/mol. The Morgan fingerprint density at radius 1 is 1.40 bits per heavy atom. The van der Waals surface area contributed by atoms with Gasteiger partial charge in [0, 0.05) is 13.7 Å². The molecule has 0 aromatic heterocycles. The zero-order valence-corrected chi connectivity index (χ0v) is 12.4. The quantitative estimate of drug-likeness (QED) is 0.912. The lowest BCUT2D eigenvalue weighted by Gasteiger charge is -2.25. The largest absolute Gasteiger partial charge is 0.383 e. The lowest BCUT2D eigenvalue weighted by atomic mass is 10.0. The second kappa shape index (κ2) is 4.86. The standard InChI is InChI=1S/C16H22N2O2/c1-11-4-5-13(12(2)10-11)14-17-16(6-7-16)15(19)18(14)8-9-20-3/h4-5,10,14,17H,6-9H2,1-3H3. The number of carbonyl (C=O) groups is 1. The van der Waals surface area contributed by atoms with E-state index in [0.717, 1.165) is 12.8 Å². The van der Waals surface area contributed by atoms with Crippen LogP contribution in [0.15, 0.2) is 18.2 Å². The molecule has 3 rings (SSSR count). The van der Waals surface area contributed by atoms with Crippen LogP contribution in [0.1, 0.15) is 35.7 Å². The second-order valence-corrected chi connectivity index (χ2v) is 5.98. The lowest BCUT2D eigenvalue weighted by Crippen LogP contribution is -2.34. The van der Waals surface area contributed by atoms with Gasteiger partial charge in [-0.1, -0.05) is 23.8 Å². The van der Waals surface area contributed by atoms with Crippen LogP contribution < -0.4 is 5.32 Å². The molecule has 4 nitrogen and oxygen atoms in total. The highest BCUT2D eigenvalue weighted by Gasteiger charge is 2.59. The van der Waals surface area contributed by atoms with E-state index in [1.807, 2.05) is 4.90 Å². The molecule has 20 heavy (non-hydrogen) atoms. The van der Waals surface area contributed by atoms with Crippen LogP contribution in [0.5, 0.6) is 0 Å². The number of hydrogen-bond donors (Lipinski definition) is 1. The topological polar surface area (TPSA) is 41.6 Å². The summed E-state index contributed by atoms with van der Waals surface area (Å²) in [4.78, 5) is 14.5. The van der Waals surface area contributed by atoms with E-state index >= 15 is 0 Å². The average molecular weight is 274 g/mol. The fourth-order valence-corrected chi connectivity index (χ4v) is 3.08. The minimum atomic E-state index is -0.282. The van der Waals surface area contributed by atoms with Crippen LogP contribution in [0, 0.1) is 13.8 Å². The smallest absolute Gasteiger partial charge is 0.244 e. The summed E-state index contributed by atoms with van der Waals surface area (Å²) in [5.74, 6) is 0.236. The molecule has 1 aliphatic carbocycles. The fraction of sp³-hybridized carbons (Fsp3) is 0.562. The first-order chi connectivity index (χ1) is 9.57. The highest BCUT2D eigenvalue weighted by molar-refractivity contribution is 5.92. The number of nitrogens with one attached hydrogen (secondary N) is 1. The van der Waals surface area contributed by atoms with Gasteiger partial charge >= 0.3 is 0 Å². The van der Waals surface area contributed by atoms with Crippen molar-refractivity contribution in [3.8, 4) is 0 Å². The third-order valence-electron chi connectivity index (χ3n) is 4.40. The molecule has 1 saturated heterocycles. The van der Waals surface area contributed by atoms with Crippen molar-refractivity contribution >= 4 is 5.91 Å². The molecule has 1 aliphatic heterocycles. The Morgan fingerprint density at radius 2 is 2.15 bits per heavy atom. The molecule has 1 aromatic carbocycles. The highest BCUT2D eigenvalue weighted by Crippen LogP contribution is 2.46. The molecule has 108 valence electrons. The van der Waals surface area contributed by atoms with Crippen LogP contribution in [0.4, 0.5) is 0 Å². The molecule has 1 heterocycles. The van der Waals surface area contributed by atoms with E-state index in [2.05, 4.69) is 37.4 Å². The third kappa shape index (κ3) is 2.13. The van der Waals surface area contributed by atoms with E-state index in [4.69, 9.17) is 4.74 Å². The maximum Gasteiger partial charge on any atom is 0.244 e. The Bertz CT molecular complexity index is 537. The molecule has 1 spiro atoms. The molecule has 0 radical (unpaired) electrons. The van der Waals surface area contributed by atoms with Crippen molar-refractivity contribution in [3.05, 3.63) is 34.9 Å². The van der Waals surface area contributed by atoms with Gasteiger partial charge < -0.3 is 9.64 Å². The summed E-state index contributed by atoms with van der Waals surface area (Å²) >= 11 is 0. The molecular formula is C16H22N2O2. The van der Waals surface area contributed by atoms with Crippen LogP contribution in [-0.4, -0.2) is 36.6 Å². The summed E-state index contributed by atoms with van der Waals surface area (Å²) in [5.41, 5.74) is 3.40. The molecule has 1 unspecified atom stereocenters. The molecule has 1 saturated carbocycles. The average Bonchev–Trinajstić information content (AvgIpc) is 3.13. The van der Waals surface area contributed by atoms with E-state index in [1.54, 1.807) is 7.11 Å². The Morgan fingerprint density at radius 3 is 2.75 bits per heavy atom. The van der Waals surface area contributed by atoms with Crippen molar-refractivity contribution in [2.45, 2.75) is 38.4 Å². The number of carbonyl (C=O) groups excluding carboxylic acids is 1. The number of benzene rings is 1. The van der Waals surface area contributed by atoms with Crippen molar-refractivity contribution in [1.29, 1.82) is 0 Å². The first kappa shape index (κ1) is 13.6. The molecule has 1 atom stereocenters. The van der Waals surface area contributed by atoms with Crippen LogP contribution >= 0.6 is 0 Å². The van der Waals surface area contributed by atoms with Crippen LogP contribution in [0.3, 0.4) is 0 Å². The molecular weight excluding hydrogens is 252 g/mol. The minimum absolute atomic E-state index is 0.0132. The van der Waals surface area contributed by atoms with Crippen molar-refractivity contribution in [3.63, 3.8) is 0 Å². The summed E-state index contributed by atoms with van der Waals surface area (Å²) < 4.78 is 5.15. The Labute approximate surface area is 120 Å². The third-order valence-corrected chi connectivity index (χ3v) is 4.40. The van der Waals surface area contributed by atoms with Crippen molar-refractivity contribution in [1.82, 2.24) is 10.2 Å². The number of amides is 1. The van der Waals surface area contributed by atoms with Gasteiger partial charge in [-0.05, 0) is 37.8 Å². The van der Waals surface area contributed by atoms with E-state index in [-0.39, 0.29) is 17.6 Å². The normalized spacial score (nSPS) is 23.6. The van der Waals surface area contributed by atoms with E-state index in [0.29, 0.717) is 13.2 Å². The molecule has 1 N–H and O–H groups in total. The van der Waals surface area contributed by atoms with Gasteiger partial charge in [-0.2, -0.15) is 0 Å². The fourth-order valence-electron chi connectivity index (χ4n) is 3.08. The second-order valence-electron chi connectivity index (χ2n) is 5.98. The highest BCUT2D eigenvalue weighted by atomic mass is 16.5. The first-order valence-corrected chi connectivity index (χ1v) is 7.22. The molecule has 4 heteroatoms. The molecule has 1 aromatic rings. The summed E-state index contributed by atoms with van der Waals surface area (Å²) in [5, 5.41) is 3.55. The summed E-state index contributed by atoms with van der Waals surface area (Å²) in [6, 6.07) is 6.42. The molecule has 2 aliphatic rings. The van der Waals surface area contributed by atoms with E-state index < -0.39 is 0 Å². The maximum atomic E-state index is 12.6.